The van der Waals surface area contributed by atoms with Crippen LogP contribution in [0.2, 0.25) is 0 Å². The van der Waals surface area contributed by atoms with Gasteiger partial charge in [-0.2, -0.15) is 0 Å². The zero-order chi connectivity index (χ0) is 30.1. The van der Waals surface area contributed by atoms with E-state index >= 15 is 0 Å². The van der Waals surface area contributed by atoms with Gasteiger partial charge in [0.25, 0.3) is 11.5 Å². The molecule has 2 aliphatic heterocycles. The highest BCUT2D eigenvalue weighted by Crippen LogP contribution is 2.47. The fourth-order valence-corrected chi connectivity index (χ4v) is 8.81. The summed E-state index contributed by atoms with van der Waals surface area (Å²) in [6, 6.07) is 8.85. The number of oxime groups is 1. The number of carboxylic acid groups (broad SMARTS) is 1. The molecule has 0 radical (unpaired) electrons. The Labute approximate surface area is 253 Å². The Bertz CT molecular complexity index is 1410. The minimum absolute atomic E-state index is 0.0611. The van der Waals surface area contributed by atoms with Gasteiger partial charge < -0.3 is 19.4 Å². The van der Waals surface area contributed by atoms with Gasteiger partial charge in [-0.15, -0.1) is 0 Å². The van der Waals surface area contributed by atoms with Crippen molar-refractivity contribution < 1.29 is 19.5 Å². The highest BCUT2D eigenvalue weighted by molar-refractivity contribution is 6.41. The van der Waals surface area contributed by atoms with Gasteiger partial charge >= 0.3 is 5.97 Å². The Morgan fingerprint density at radius 3 is 2.23 bits per heavy atom. The minimum Gasteiger partial charge on any atom is -0.476 e. The van der Waals surface area contributed by atoms with Crippen LogP contribution in [0, 0.1) is 11.8 Å². The number of piperidine rings is 2. The van der Waals surface area contributed by atoms with E-state index in [0.717, 1.165) is 37.5 Å². The maximum atomic E-state index is 14.2. The maximum Gasteiger partial charge on any atom is 0.360 e. The molecule has 1 amide bonds. The van der Waals surface area contributed by atoms with Gasteiger partial charge in [-0.05, 0) is 82.8 Å². The summed E-state index contributed by atoms with van der Waals surface area (Å²) in [7, 11) is 0. The molecule has 10 nitrogen and oxygen atoms in total. The number of aliphatic carboxylic acids is 1. The third-order valence-electron chi connectivity index (χ3n) is 10.6. The van der Waals surface area contributed by atoms with E-state index in [1.807, 2.05) is 32.0 Å². The fraction of sp³-hybridized carbons (Fsp3) is 0.667. The molecule has 3 heterocycles. The molecule has 1 aromatic heterocycles. The van der Waals surface area contributed by atoms with Crippen LogP contribution < -0.4 is 5.56 Å². The van der Waals surface area contributed by atoms with Crippen LogP contribution in [0.3, 0.4) is 0 Å². The van der Waals surface area contributed by atoms with Crippen LogP contribution in [-0.2, 0) is 14.4 Å². The van der Waals surface area contributed by atoms with Gasteiger partial charge in [-0.25, -0.2) is 9.78 Å². The zero-order valence-corrected chi connectivity index (χ0v) is 25.5. The van der Waals surface area contributed by atoms with Crippen LogP contribution >= 0.6 is 0 Å². The van der Waals surface area contributed by atoms with Crippen LogP contribution in [0.5, 0.6) is 0 Å². The monoisotopic (exact) mass is 591 g/mol. The van der Waals surface area contributed by atoms with Crippen molar-refractivity contribution in [1.29, 1.82) is 0 Å². The second kappa shape index (κ2) is 12.8. The van der Waals surface area contributed by atoms with Gasteiger partial charge in [0.1, 0.15) is 0 Å². The molecule has 4 bridgehead atoms. The molecular weight excluding hydrogens is 546 g/mol. The second-order valence-corrected chi connectivity index (χ2v) is 13.0. The molecule has 1 N–H and O–H groups in total. The van der Waals surface area contributed by atoms with Gasteiger partial charge in [-0.1, -0.05) is 43.0 Å². The molecular formula is C33H45N5O5. The lowest BCUT2D eigenvalue weighted by atomic mass is 9.68. The first kappa shape index (κ1) is 29.8. The van der Waals surface area contributed by atoms with E-state index in [1.165, 1.54) is 44.9 Å². The number of hydrogen-bond acceptors (Lipinski definition) is 7. The summed E-state index contributed by atoms with van der Waals surface area (Å²) in [5, 5.41) is 13.9. The molecule has 2 saturated carbocycles. The Morgan fingerprint density at radius 2 is 1.58 bits per heavy atom. The quantitative estimate of drug-likeness (QED) is 0.335. The second-order valence-electron chi connectivity index (χ2n) is 13.0. The molecule has 6 rings (SSSR count). The molecule has 232 valence electrons. The normalized spacial score (nSPS) is 29.3. The van der Waals surface area contributed by atoms with E-state index in [-0.39, 0.29) is 17.6 Å². The van der Waals surface area contributed by atoms with Gasteiger partial charge in [0.2, 0.25) is 5.71 Å². The first-order valence-corrected chi connectivity index (χ1v) is 16.4. The number of carboxylic acids is 1. The number of benzene rings is 1. The van der Waals surface area contributed by atoms with Gasteiger partial charge in [0, 0.05) is 37.3 Å². The molecule has 43 heavy (non-hydrogen) atoms. The standard InChI is InChI=1S/C33H45N5O5/c1-3-36(4-2)29(39)20-43-35-31(33(41)42)30-32(40)38(28-14-6-5-13-27(28)34-30)26-18-23-11-8-12-24(19-26)37(23)25-16-21-9-7-10-22(15-21)17-25/h5-6,13-14,21-26H,3-4,7-12,15-20H2,1-2H3,(H,41,42)/t21?,22?,23-,24+,25?,26?. The van der Waals surface area contributed by atoms with Crippen molar-refractivity contribution in [3.63, 3.8) is 0 Å². The molecule has 3 unspecified atom stereocenters. The number of carbonyl (C=O) groups excluding carboxylic acids is 1. The number of fused-ring (bicyclic) bond motifs is 5. The van der Waals surface area contributed by atoms with Crippen molar-refractivity contribution in [1.82, 2.24) is 19.4 Å². The summed E-state index contributed by atoms with van der Waals surface area (Å²) in [5.41, 5.74) is -0.0556. The van der Waals surface area contributed by atoms with Crippen molar-refractivity contribution >= 4 is 28.6 Å². The lowest BCUT2D eigenvalue weighted by Gasteiger charge is -2.55. The minimum atomic E-state index is -1.42. The number of rotatable bonds is 9. The van der Waals surface area contributed by atoms with Crippen molar-refractivity contribution in [2.45, 2.75) is 109 Å². The number of para-hydroxylation sites is 2. The van der Waals surface area contributed by atoms with Crippen LogP contribution in [0.4, 0.5) is 0 Å². The molecule has 1 aromatic carbocycles. The summed E-state index contributed by atoms with van der Waals surface area (Å²) in [6.45, 7) is 4.31. The van der Waals surface area contributed by atoms with Crippen LogP contribution in [0.15, 0.2) is 34.2 Å². The third-order valence-corrected chi connectivity index (χ3v) is 10.6. The Morgan fingerprint density at radius 1 is 0.930 bits per heavy atom. The van der Waals surface area contributed by atoms with Crippen molar-refractivity contribution in [2.75, 3.05) is 19.7 Å². The van der Waals surface area contributed by atoms with E-state index in [2.05, 4.69) is 15.0 Å². The summed E-state index contributed by atoms with van der Waals surface area (Å²) in [5.74, 6) is 0.00516. The van der Waals surface area contributed by atoms with Crippen molar-refractivity contribution in [2.24, 2.45) is 17.0 Å². The average molecular weight is 592 g/mol. The first-order chi connectivity index (χ1) is 20.9. The smallest absolute Gasteiger partial charge is 0.360 e. The third kappa shape index (κ3) is 5.95. The van der Waals surface area contributed by atoms with E-state index in [0.29, 0.717) is 42.2 Å². The number of aromatic nitrogens is 2. The van der Waals surface area contributed by atoms with E-state index in [4.69, 9.17) is 4.84 Å². The number of likely N-dealkylation sites (N-methyl/N-ethyl adjacent to an activating group) is 1. The summed E-state index contributed by atoms with van der Waals surface area (Å²) >= 11 is 0. The average Bonchev–Trinajstić information content (AvgIpc) is 2.99. The van der Waals surface area contributed by atoms with E-state index < -0.39 is 23.8 Å². The summed E-state index contributed by atoms with van der Waals surface area (Å²) in [4.78, 5) is 53.0. The highest BCUT2D eigenvalue weighted by atomic mass is 16.6. The topological polar surface area (TPSA) is 117 Å². The SMILES string of the molecule is CCN(CC)C(=O)CON=C(C(=O)O)c1nc2ccccc2n(C2C[C@H]3CCC[C@@H](C2)N3C2CC3CCCC(C3)C2)c1=O. The molecule has 4 aliphatic rings. The van der Waals surface area contributed by atoms with Gasteiger partial charge in [0.05, 0.1) is 11.0 Å². The van der Waals surface area contributed by atoms with Crippen LogP contribution in [0.25, 0.3) is 11.0 Å². The van der Waals surface area contributed by atoms with Crippen LogP contribution in [-0.4, -0.2) is 79.9 Å². The molecule has 2 aromatic rings. The lowest BCUT2D eigenvalue weighted by molar-refractivity contribution is -0.136. The first-order valence-electron chi connectivity index (χ1n) is 16.4. The number of amides is 1. The van der Waals surface area contributed by atoms with E-state index in [1.54, 1.807) is 15.5 Å². The molecule has 2 aliphatic carbocycles. The largest absolute Gasteiger partial charge is 0.476 e. The molecule has 0 spiro atoms. The maximum absolute atomic E-state index is 14.2. The fourth-order valence-electron chi connectivity index (χ4n) is 8.81. The number of carbonyl (C=O) groups is 2. The van der Waals surface area contributed by atoms with E-state index in [9.17, 15) is 19.5 Å². The molecule has 2 saturated heterocycles. The number of nitrogens with zero attached hydrogens (tertiary/aromatic N) is 5. The molecule has 5 atom stereocenters. The van der Waals surface area contributed by atoms with Crippen molar-refractivity contribution in [3.8, 4) is 0 Å². The summed E-state index contributed by atoms with van der Waals surface area (Å²) < 4.78 is 1.79. The predicted molar refractivity (Wildman–Crippen MR) is 164 cm³/mol. The Balaban J connectivity index is 1.31. The highest BCUT2D eigenvalue weighted by Gasteiger charge is 2.45. The van der Waals surface area contributed by atoms with Gasteiger partial charge in [0.15, 0.2) is 12.3 Å². The Hall–Kier alpha value is -3.27. The predicted octanol–water partition coefficient (Wildman–Crippen LogP) is 4.60. The van der Waals surface area contributed by atoms with Crippen LogP contribution in [0.1, 0.15) is 96.2 Å². The van der Waals surface area contributed by atoms with Gasteiger partial charge in [-0.3, -0.25) is 14.5 Å². The molecule has 4 fully saturated rings. The lowest BCUT2D eigenvalue weighted by Crippen LogP contribution is -2.58. The number of hydrogen-bond donors (Lipinski definition) is 1. The van der Waals surface area contributed by atoms with Crippen molar-refractivity contribution in [3.05, 3.63) is 40.3 Å². The zero-order valence-electron chi connectivity index (χ0n) is 25.5. The Kier molecular flexibility index (Phi) is 8.84. The molecule has 10 heteroatoms. The summed E-state index contributed by atoms with van der Waals surface area (Å²) in [6.07, 6.45) is 13.4.